The monoisotopic (exact) mass is 451 g/mol. The lowest BCUT2D eigenvalue weighted by molar-refractivity contribution is -0.134. The number of barbiturate groups is 1. The highest BCUT2D eigenvalue weighted by Crippen LogP contribution is 2.30. The van der Waals surface area contributed by atoms with Crippen LogP contribution in [0.3, 0.4) is 0 Å². The average molecular weight is 451 g/mol. The summed E-state index contributed by atoms with van der Waals surface area (Å²) in [6.07, 6.45) is 1.39. The van der Waals surface area contributed by atoms with Crippen molar-refractivity contribution in [3.63, 3.8) is 0 Å². The molecule has 1 aliphatic rings. The number of likely N-dealkylation sites (N-methyl/N-ethyl adjacent to an activating group) is 2. The van der Waals surface area contributed by atoms with Gasteiger partial charge in [-0.3, -0.25) is 24.2 Å². The smallest absolute Gasteiger partial charge is 0.333 e. The standard InChI is InChI=1S/C24H25N3O6/c1-5-32-20-13-16(12-18-22(29)26(3)24(31)27(4)23(18)30)8-11-19(20)33-14-21(28)25-17-9-6-15(2)7-10-17/h6-13H,5,14H2,1-4H3,(H,25,28). The molecule has 0 radical (unpaired) electrons. The first kappa shape index (κ1) is 23.5. The van der Waals surface area contributed by atoms with Gasteiger partial charge in [-0.2, -0.15) is 0 Å². The number of aryl methyl sites for hydroxylation is 1. The van der Waals surface area contributed by atoms with E-state index in [0.717, 1.165) is 15.4 Å². The Bertz CT molecular complexity index is 1100. The second kappa shape index (κ2) is 9.99. The van der Waals surface area contributed by atoms with Crippen LogP contribution in [0.25, 0.3) is 6.08 Å². The van der Waals surface area contributed by atoms with Crippen LogP contribution in [0.2, 0.25) is 0 Å². The number of carbonyl (C=O) groups is 4. The Morgan fingerprint density at radius 2 is 1.58 bits per heavy atom. The summed E-state index contributed by atoms with van der Waals surface area (Å²) in [5, 5.41) is 2.75. The number of hydrogen-bond acceptors (Lipinski definition) is 6. The van der Waals surface area contributed by atoms with Crippen LogP contribution in [0, 0.1) is 6.92 Å². The van der Waals surface area contributed by atoms with Crippen molar-refractivity contribution in [3.8, 4) is 11.5 Å². The Balaban J connectivity index is 1.76. The Hall–Kier alpha value is -4.14. The first-order valence-corrected chi connectivity index (χ1v) is 10.3. The minimum atomic E-state index is -0.690. The molecule has 33 heavy (non-hydrogen) atoms. The van der Waals surface area contributed by atoms with E-state index in [2.05, 4.69) is 5.32 Å². The Morgan fingerprint density at radius 3 is 2.18 bits per heavy atom. The Labute approximate surface area is 191 Å². The molecule has 1 aliphatic heterocycles. The normalized spacial score (nSPS) is 13.8. The number of imide groups is 2. The van der Waals surface area contributed by atoms with E-state index in [1.54, 1.807) is 37.3 Å². The van der Waals surface area contributed by atoms with Gasteiger partial charge in [-0.05, 0) is 49.8 Å². The molecule has 9 nitrogen and oxygen atoms in total. The maximum absolute atomic E-state index is 12.4. The molecule has 1 fully saturated rings. The van der Waals surface area contributed by atoms with Gasteiger partial charge in [0.2, 0.25) is 0 Å². The molecule has 0 aromatic heterocycles. The summed E-state index contributed by atoms with van der Waals surface area (Å²) < 4.78 is 11.2. The maximum atomic E-state index is 12.4. The van der Waals surface area contributed by atoms with E-state index >= 15 is 0 Å². The second-order valence-corrected chi connectivity index (χ2v) is 7.41. The lowest BCUT2D eigenvalue weighted by atomic mass is 10.1. The molecule has 2 aromatic carbocycles. The fourth-order valence-corrected chi connectivity index (χ4v) is 3.12. The van der Waals surface area contributed by atoms with Gasteiger partial charge < -0.3 is 14.8 Å². The summed E-state index contributed by atoms with van der Waals surface area (Å²) in [6, 6.07) is 11.5. The van der Waals surface area contributed by atoms with Gasteiger partial charge in [-0.25, -0.2) is 4.79 Å². The third-order valence-corrected chi connectivity index (χ3v) is 4.92. The first-order valence-electron chi connectivity index (χ1n) is 10.3. The number of benzene rings is 2. The van der Waals surface area contributed by atoms with Crippen LogP contribution in [-0.4, -0.2) is 60.9 Å². The lowest BCUT2D eigenvalue weighted by Crippen LogP contribution is -2.52. The lowest BCUT2D eigenvalue weighted by Gasteiger charge is -2.28. The maximum Gasteiger partial charge on any atom is 0.333 e. The van der Waals surface area contributed by atoms with E-state index in [9.17, 15) is 19.2 Å². The van der Waals surface area contributed by atoms with Gasteiger partial charge in [-0.15, -0.1) is 0 Å². The first-order chi connectivity index (χ1) is 15.7. The largest absolute Gasteiger partial charge is 0.490 e. The molecule has 1 N–H and O–H groups in total. The quantitative estimate of drug-likeness (QED) is 0.513. The molecule has 5 amide bonds. The summed E-state index contributed by atoms with van der Waals surface area (Å²) >= 11 is 0. The van der Waals surface area contributed by atoms with Crippen LogP contribution in [0.4, 0.5) is 10.5 Å². The van der Waals surface area contributed by atoms with Crippen LogP contribution in [0.1, 0.15) is 18.1 Å². The minimum absolute atomic E-state index is 0.145. The molecule has 0 aliphatic carbocycles. The third kappa shape index (κ3) is 5.38. The van der Waals surface area contributed by atoms with Gasteiger partial charge in [0.15, 0.2) is 18.1 Å². The van der Waals surface area contributed by atoms with E-state index in [1.165, 1.54) is 20.2 Å². The van der Waals surface area contributed by atoms with Crippen LogP contribution in [0.15, 0.2) is 48.0 Å². The molecular formula is C24H25N3O6. The zero-order valence-corrected chi connectivity index (χ0v) is 18.9. The van der Waals surface area contributed by atoms with Crippen LogP contribution in [0.5, 0.6) is 11.5 Å². The van der Waals surface area contributed by atoms with Crippen molar-refractivity contribution in [2.24, 2.45) is 0 Å². The summed E-state index contributed by atoms with van der Waals surface area (Å²) in [5.41, 5.74) is 2.11. The number of anilines is 1. The van der Waals surface area contributed by atoms with Crippen LogP contribution >= 0.6 is 0 Å². The molecule has 0 atom stereocenters. The Kier molecular flexibility index (Phi) is 7.12. The van der Waals surface area contributed by atoms with Gasteiger partial charge in [0, 0.05) is 19.8 Å². The zero-order chi connectivity index (χ0) is 24.1. The summed E-state index contributed by atoms with van der Waals surface area (Å²) in [7, 11) is 2.62. The van der Waals surface area contributed by atoms with Crippen LogP contribution < -0.4 is 14.8 Å². The van der Waals surface area contributed by atoms with Gasteiger partial charge in [0.1, 0.15) is 5.57 Å². The average Bonchev–Trinajstić information content (AvgIpc) is 2.80. The van der Waals surface area contributed by atoms with E-state index < -0.39 is 17.8 Å². The molecule has 1 saturated heterocycles. The summed E-state index contributed by atoms with van der Waals surface area (Å²) in [5.74, 6) is -1.02. The molecule has 9 heteroatoms. The Morgan fingerprint density at radius 1 is 0.939 bits per heavy atom. The fourth-order valence-electron chi connectivity index (χ4n) is 3.12. The second-order valence-electron chi connectivity index (χ2n) is 7.41. The molecule has 0 bridgehead atoms. The van der Waals surface area contributed by atoms with Crippen molar-refractivity contribution >= 4 is 35.5 Å². The van der Waals surface area contributed by atoms with Crippen molar-refractivity contribution < 1.29 is 28.7 Å². The molecule has 3 rings (SSSR count). The van der Waals surface area contributed by atoms with Gasteiger partial charge in [0.05, 0.1) is 6.61 Å². The molecule has 2 aromatic rings. The highest BCUT2D eigenvalue weighted by Gasteiger charge is 2.37. The van der Waals surface area contributed by atoms with Crippen LogP contribution in [-0.2, 0) is 14.4 Å². The molecule has 0 spiro atoms. The van der Waals surface area contributed by atoms with Crippen molar-refractivity contribution in [1.82, 2.24) is 9.80 Å². The van der Waals surface area contributed by atoms with Gasteiger partial charge in [0.25, 0.3) is 17.7 Å². The van der Waals surface area contributed by atoms with Crippen molar-refractivity contribution in [2.75, 3.05) is 32.6 Å². The van der Waals surface area contributed by atoms with E-state index in [1.807, 2.05) is 19.1 Å². The number of urea groups is 1. The topological polar surface area (TPSA) is 105 Å². The molecule has 0 unspecified atom stereocenters. The fraction of sp³-hybridized carbons (Fsp3) is 0.250. The van der Waals surface area contributed by atoms with Gasteiger partial charge >= 0.3 is 6.03 Å². The predicted octanol–water partition coefficient (Wildman–Crippen LogP) is 2.85. The minimum Gasteiger partial charge on any atom is -0.490 e. The molecule has 172 valence electrons. The predicted molar refractivity (Wildman–Crippen MR) is 122 cm³/mol. The van der Waals surface area contributed by atoms with E-state index in [-0.39, 0.29) is 18.1 Å². The molecular weight excluding hydrogens is 426 g/mol. The van der Waals surface area contributed by atoms with Gasteiger partial charge in [-0.1, -0.05) is 23.8 Å². The third-order valence-electron chi connectivity index (χ3n) is 4.92. The highest BCUT2D eigenvalue weighted by molar-refractivity contribution is 6.30. The number of carbonyl (C=O) groups excluding carboxylic acids is 4. The van der Waals surface area contributed by atoms with Crippen molar-refractivity contribution in [3.05, 3.63) is 59.2 Å². The highest BCUT2D eigenvalue weighted by atomic mass is 16.5. The van der Waals surface area contributed by atoms with E-state index in [0.29, 0.717) is 29.4 Å². The van der Waals surface area contributed by atoms with E-state index in [4.69, 9.17) is 9.47 Å². The number of ether oxygens (including phenoxy) is 2. The number of nitrogens with one attached hydrogen (secondary N) is 1. The number of rotatable bonds is 7. The molecule has 0 saturated carbocycles. The van der Waals surface area contributed by atoms with Crippen molar-refractivity contribution in [1.29, 1.82) is 0 Å². The summed E-state index contributed by atoms with van der Waals surface area (Å²) in [6.45, 7) is 3.86. The number of amides is 5. The van der Waals surface area contributed by atoms with Crippen molar-refractivity contribution in [2.45, 2.75) is 13.8 Å². The number of nitrogens with zero attached hydrogens (tertiary/aromatic N) is 2. The number of hydrogen-bond donors (Lipinski definition) is 1. The zero-order valence-electron chi connectivity index (χ0n) is 18.9. The SMILES string of the molecule is CCOc1cc(C=C2C(=O)N(C)C(=O)N(C)C2=O)ccc1OCC(=O)Nc1ccc(C)cc1. The molecule has 1 heterocycles. The summed E-state index contributed by atoms with van der Waals surface area (Å²) in [4.78, 5) is 50.7.